The number of aryl methyl sites for hydroxylation is 1. The van der Waals surface area contributed by atoms with Crippen molar-refractivity contribution in [3.63, 3.8) is 0 Å². The molecule has 1 amide bonds. The SMILES string of the molecule is Cc1ccc(NN)c(C(=O)NC(C)CC(C)C)c1. The minimum Gasteiger partial charge on any atom is -0.350 e. The zero-order valence-electron chi connectivity index (χ0n) is 11.6. The first-order valence-electron chi connectivity index (χ1n) is 6.32. The van der Waals surface area contributed by atoms with Crippen LogP contribution in [-0.4, -0.2) is 11.9 Å². The Bertz CT molecular complexity index is 416. The van der Waals surface area contributed by atoms with E-state index in [0.29, 0.717) is 17.2 Å². The molecule has 4 nitrogen and oxygen atoms in total. The Labute approximate surface area is 109 Å². The van der Waals surface area contributed by atoms with E-state index >= 15 is 0 Å². The Hall–Kier alpha value is -1.55. The van der Waals surface area contributed by atoms with Crippen LogP contribution >= 0.6 is 0 Å². The van der Waals surface area contributed by atoms with Gasteiger partial charge in [0.05, 0.1) is 11.3 Å². The molecule has 0 heterocycles. The summed E-state index contributed by atoms with van der Waals surface area (Å²) in [5.41, 5.74) is 4.83. The van der Waals surface area contributed by atoms with Gasteiger partial charge in [0.1, 0.15) is 0 Å². The van der Waals surface area contributed by atoms with Crippen LogP contribution in [0.4, 0.5) is 5.69 Å². The normalized spacial score (nSPS) is 12.3. The van der Waals surface area contributed by atoms with Gasteiger partial charge >= 0.3 is 0 Å². The van der Waals surface area contributed by atoms with Crippen LogP contribution in [0.25, 0.3) is 0 Å². The third kappa shape index (κ3) is 4.04. The number of anilines is 1. The van der Waals surface area contributed by atoms with Crippen LogP contribution < -0.4 is 16.6 Å². The molecule has 0 saturated carbocycles. The van der Waals surface area contributed by atoms with Gasteiger partial charge in [-0.05, 0) is 38.3 Å². The van der Waals surface area contributed by atoms with E-state index in [-0.39, 0.29) is 11.9 Å². The van der Waals surface area contributed by atoms with Gasteiger partial charge in [0.25, 0.3) is 5.91 Å². The summed E-state index contributed by atoms with van der Waals surface area (Å²) in [6.07, 6.45) is 0.961. The Morgan fingerprint density at radius 3 is 2.56 bits per heavy atom. The summed E-state index contributed by atoms with van der Waals surface area (Å²) >= 11 is 0. The van der Waals surface area contributed by atoms with Crippen molar-refractivity contribution >= 4 is 11.6 Å². The van der Waals surface area contributed by atoms with Crippen molar-refractivity contribution in [3.8, 4) is 0 Å². The molecule has 18 heavy (non-hydrogen) atoms. The number of nitrogen functional groups attached to an aromatic ring is 1. The van der Waals surface area contributed by atoms with E-state index < -0.39 is 0 Å². The van der Waals surface area contributed by atoms with Crippen LogP contribution in [0.15, 0.2) is 18.2 Å². The van der Waals surface area contributed by atoms with Crippen LogP contribution in [0.2, 0.25) is 0 Å². The Balaban J connectivity index is 2.80. The van der Waals surface area contributed by atoms with Gasteiger partial charge in [-0.15, -0.1) is 0 Å². The second kappa shape index (κ2) is 6.40. The zero-order chi connectivity index (χ0) is 13.7. The highest BCUT2D eigenvalue weighted by Crippen LogP contribution is 2.16. The number of hydrogen-bond donors (Lipinski definition) is 3. The van der Waals surface area contributed by atoms with E-state index in [9.17, 15) is 4.79 Å². The second-order valence-electron chi connectivity index (χ2n) is 5.20. The van der Waals surface area contributed by atoms with Gasteiger partial charge < -0.3 is 10.7 Å². The molecule has 0 bridgehead atoms. The molecule has 1 rings (SSSR count). The fourth-order valence-corrected chi connectivity index (χ4v) is 2.04. The molecule has 1 aromatic carbocycles. The second-order valence-corrected chi connectivity index (χ2v) is 5.20. The monoisotopic (exact) mass is 249 g/mol. The van der Waals surface area contributed by atoms with Crippen molar-refractivity contribution in [1.82, 2.24) is 5.32 Å². The Morgan fingerprint density at radius 2 is 2.00 bits per heavy atom. The summed E-state index contributed by atoms with van der Waals surface area (Å²) in [4.78, 5) is 12.2. The lowest BCUT2D eigenvalue weighted by atomic mass is 10.0. The molecule has 1 aromatic rings. The van der Waals surface area contributed by atoms with Gasteiger partial charge in [0.2, 0.25) is 0 Å². The minimum atomic E-state index is -0.0835. The van der Waals surface area contributed by atoms with Gasteiger partial charge in [0.15, 0.2) is 0 Å². The summed E-state index contributed by atoms with van der Waals surface area (Å²) < 4.78 is 0. The number of benzene rings is 1. The predicted molar refractivity (Wildman–Crippen MR) is 75.4 cm³/mol. The maximum atomic E-state index is 12.2. The van der Waals surface area contributed by atoms with Crippen LogP contribution in [0.1, 0.15) is 43.1 Å². The molecule has 0 fully saturated rings. The van der Waals surface area contributed by atoms with Gasteiger partial charge in [-0.3, -0.25) is 10.6 Å². The highest BCUT2D eigenvalue weighted by atomic mass is 16.1. The maximum absolute atomic E-state index is 12.2. The maximum Gasteiger partial charge on any atom is 0.253 e. The first-order chi connectivity index (χ1) is 8.43. The first kappa shape index (κ1) is 14.5. The predicted octanol–water partition coefficient (Wildman–Crippen LogP) is 2.45. The van der Waals surface area contributed by atoms with E-state index in [2.05, 4.69) is 24.6 Å². The number of carbonyl (C=O) groups excluding carboxylic acids is 1. The Morgan fingerprint density at radius 1 is 1.33 bits per heavy atom. The van der Waals surface area contributed by atoms with Gasteiger partial charge in [-0.2, -0.15) is 0 Å². The summed E-state index contributed by atoms with van der Waals surface area (Å²) in [5.74, 6) is 5.90. The number of amides is 1. The molecule has 0 aliphatic carbocycles. The average Bonchev–Trinajstić information content (AvgIpc) is 2.27. The topological polar surface area (TPSA) is 67.1 Å². The molecular weight excluding hydrogens is 226 g/mol. The van der Waals surface area contributed by atoms with Gasteiger partial charge in [-0.25, -0.2) is 0 Å². The molecular formula is C14H23N3O. The third-order valence-electron chi connectivity index (χ3n) is 2.78. The number of rotatable bonds is 5. The molecule has 4 N–H and O–H groups in total. The molecule has 4 heteroatoms. The largest absolute Gasteiger partial charge is 0.350 e. The molecule has 0 radical (unpaired) electrons. The summed E-state index contributed by atoms with van der Waals surface area (Å²) in [7, 11) is 0. The minimum absolute atomic E-state index is 0.0835. The fraction of sp³-hybridized carbons (Fsp3) is 0.500. The number of hydrazine groups is 1. The van der Waals surface area contributed by atoms with Crippen LogP contribution in [-0.2, 0) is 0 Å². The molecule has 0 aliphatic rings. The van der Waals surface area contributed by atoms with Crippen molar-refractivity contribution in [3.05, 3.63) is 29.3 Å². The molecule has 100 valence electrons. The molecule has 0 aromatic heterocycles. The molecule has 0 saturated heterocycles. The zero-order valence-corrected chi connectivity index (χ0v) is 11.6. The molecule has 0 aliphatic heterocycles. The molecule has 0 spiro atoms. The van der Waals surface area contributed by atoms with E-state index in [0.717, 1.165) is 12.0 Å². The fourth-order valence-electron chi connectivity index (χ4n) is 2.04. The van der Waals surface area contributed by atoms with Gasteiger partial charge in [-0.1, -0.05) is 25.5 Å². The molecule has 1 unspecified atom stereocenters. The van der Waals surface area contributed by atoms with Gasteiger partial charge in [0, 0.05) is 6.04 Å². The highest BCUT2D eigenvalue weighted by Gasteiger charge is 2.14. The van der Waals surface area contributed by atoms with Crippen molar-refractivity contribution in [2.75, 3.05) is 5.43 Å². The van der Waals surface area contributed by atoms with E-state index in [1.165, 1.54) is 0 Å². The number of nitrogens with two attached hydrogens (primary N) is 1. The lowest BCUT2D eigenvalue weighted by Gasteiger charge is -2.17. The van der Waals surface area contributed by atoms with Crippen LogP contribution in [0.5, 0.6) is 0 Å². The number of hydrogen-bond acceptors (Lipinski definition) is 3. The van der Waals surface area contributed by atoms with E-state index in [1.54, 1.807) is 0 Å². The van der Waals surface area contributed by atoms with Crippen molar-refractivity contribution in [1.29, 1.82) is 0 Å². The van der Waals surface area contributed by atoms with Crippen molar-refractivity contribution < 1.29 is 4.79 Å². The van der Waals surface area contributed by atoms with Crippen molar-refractivity contribution in [2.24, 2.45) is 11.8 Å². The lowest BCUT2D eigenvalue weighted by molar-refractivity contribution is 0.0937. The smallest absolute Gasteiger partial charge is 0.253 e. The number of nitrogens with one attached hydrogen (secondary N) is 2. The summed E-state index contributed by atoms with van der Waals surface area (Å²) in [6.45, 7) is 8.25. The standard InChI is InChI=1S/C14H23N3O/c1-9(2)7-11(4)16-14(18)12-8-10(3)5-6-13(12)17-15/h5-6,8-9,11,17H,7,15H2,1-4H3,(H,16,18). The van der Waals surface area contributed by atoms with Crippen molar-refractivity contribution in [2.45, 2.75) is 40.2 Å². The Kier molecular flexibility index (Phi) is 5.16. The first-order valence-corrected chi connectivity index (χ1v) is 6.32. The third-order valence-corrected chi connectivity index (χ3v) is 2.78. The summed E-state index contributed by atoms with van der Waals surface area (Å²) in [6, 6.07) is 5.73. The summed E-state index contributed by atoms with van der Waals surface area (Å²) in [5, 5.41) is 2.99. The highest BCUT2D eigenvalue weighted by molar-refractivity contribution is 5.99. The quantitative estimate of drug-likeness (QED) is 0.554. The van der Waals surface area contributed by atoms with E-state index in [1.807, 2.05) is 32.0 Å². The van der Waals surface area contributed by atoms with Crippen LogP contribution in [0, 0.1) is 12.8 Å². The molecule has 1 atom stereocenters. The lowest BCUT2D eigenvalue weighted by Crippen LogP contribution is -2.34. The van der Waals surface area contributed by atoms with Crippen LogP contribution in [0.3, 0.4) is 0 Å². The van der Waals surface area contributed by atoms with E-state index in [4.69, 9.17) is 5.84 Å². The number of carbonyl (C=O) groups is 1. The average molecular weight is 249 g/mol.